The van der Waals surface area contributed by atoms with Crippen molar-refractivity contribution >= 4 is 21.8 Å². The minimum absolute atomic E-state index is 0.120. The normalized spacial score (nSPS) is 10.1. The van der Waals surface area contributed by atoms with Gasteiger partial charge in [0.2, 0.25) is 0 Å². The van der Waals surface area contributed by atoms with Crippen LogP contribution in [0.4, 0.5) is 0 Å². The predicted octanol–water partition coefficient (Wildman–Crippen LogP) is 2.48. The maximum absolute atomic E-state index is 11.8. The number of rotatable bonds is 3. The molecule has 2 rings (SSSR count). The molecule has 0 bridgehead atoms. The summed E-state index contributed by atoms with van der Waals surface area (Å²) in [6.45, 7) is 2.25. The Kier molecular flexibility index (Phi) is 4.04. The van der Waals surface area contributed by atoms with E-state index in [9.17, 15) is 4.79 Å². The Hall–Kier alpha value is -1.75. The Bertz CT molecular complexity index is 537. The number of hydrogen-bond acceptors (Lipinski definition) is 3. The first kappa shape index (κ1) is 12.7. The number of carbonyl (C=O) groups is 1. The number of benzene rings is 1. The van der Waals surface area contributed by atoms with Crippen molar-refractivity contribution in [2.24, 2.45) is 0 Å². The van der Waals surface area contributed by atoms with Gasteiger partial charge in [-0.25, -0.2) is 0 Å². The van der Waals surface area contributed by atoms with Crippen molar-refractivity contribution in [3.05, 3.63) is 57.8 Å². The highest BCUT2D eigenvalue weighted by molar-refractivity contribution is 9.10. The highest BCUT2D eigenvalue weighted by atomic mass is 79.9. The van der Waals surface area contributed by atoms with Crippen molar-refractivity contribution < 1.29 is 4.79 Å². The zero-order chi connectivity index (χ0) is 13.0. The summed E-state index contributed by atoms with van der Waals surface area (Å²) < 4.78 is 0.948. The first-order valence-electron chi connectivity index (χ1n) is 5.48. The topological polar surface area (TPSA) is 54.9 Å². The van der Waals surface area contributed by atoms with Crippen molar-refractivity contribution in [1.82, 2.24) is 15.5 Å². The van der Waals surface area contributed by atoms with Crippen molar-refractivity contribution in [2.45, 2.75) is 13.5 Å². The maximum Gasteiger partial charge on any atom is 0.251 e. The van der Waals surface area contributed by atoms with Crippen molar-refractivity contribution in [1.29, 1.82) is 0 Å². The molecule has 4 nitrogen and oxygen atoms in total. The van der Waals surface area contributed by atoms with Crippen LogP contribution in [0.3, 0.4) is 0 Å². The number of nitrogens with one attached hydrogen (secondary N) is 1. The van der Waals surface area contributed by atoms with E-state index in [2.05, 4.69) is 31.4 Å². The lowest BCUT2D eigenvalue weighted by Crippen LogP contribution is -2.23. The lowest BCUT2D eigenvalue weighted by Gasteiger charge is -2.04. The van der Waals surface area contributed by atoms with Crippen LogP contribution < -0.4 is 5.32 Å². The standard InChI is InChI=1S/C13H12BrN3O/c1-9-2-7-12(17-16-9)8-15-13(18)10-3-5-11(14)6-4-10/h2-7H,8H2,1H3,(H,15,18). The fourth-order valence-electron chi connectivity index (χ4n) is 1.39. The third-order valence-electron chi connectivity index (χ3n) is 2.39. The van der Waals surface area contributed by atoms with Gasteiger partial charge in [-0.15, -0.1) is 0 Å². The fourth-order valence-corrected chi connectivity index (χ4v) is 1.66. The summed E-state index contributed by atoms with van der Waals surface area (Å²) in [5, 5.41) is 10.7. The number of hydrogen-bond donors (Lipinski definition) is 1. The molecule has 0 fully saturated rings. The van der Waals surface area contributed by atoms with Gasteiger partial charge in [-0.3, -0.25) is 4.79 Å². The predicted molar refractivity (Wildman–Crippen MR) is 72.1 cm³/mol. The van der Waals surface area contributed by atoms with Crippen LogP contribution in [0.2, 0.25) is 0 Å². The largest absolute Gasteiger partial charge is 0.346 e. The molecule has 18 heavy (non-hydrogen) atoms. The van der Waals surface area contributed by atoms with Crippen molar-refractivity contribution in [2.75, 3.05) is 0 Å². The Labute approximate surface area is 114 Å². The van der Waals surface area contributed by atoms with E-state index in [1.165, 1.54) is 0 Å². The average molecular weight is 306 g/mol. The number of halogens is 1. The summed E-state index contributed by atoms with van der Waals surface area (Å²) in [7, 11) is 0. The molecule has 0 saturated carbocycles. The van der Waals surface area contributed by atoms with E-state index >= 15 is 0 Å². The second kappa shape index (κ2) is 5.73. The number of nitrogens with zero attached hydrogens (tertiary/aromatic N) is 2. The summed E-state index contributed by atoms with van der Waals surface area (Å²) in [4.78, 5) is 11.8. The quantitative estimate of drug-likeness (QED) is 0.948. The van der Waals surface area contributed by atoms with Crippen LogP contribution in [0.5, 0.6) is 0 Å². The van der Waals surface area contributed by atoms with E-state index in [1.54, 1.807) is 12.1 Å². The summed E-state index contributed by atoms with van der Waals surface area (Å²) in [5.74, 6) is -0.120. The van der Waals surface area contributed by atoms with Crippen molar-refractivity contribution in [3.8, 4) is 0 Å². The highest BCUT2D eigenvalue weighted by Crippen LogP contribution is 2.10. The molecule has 0 aliphatic heterocycles. The molecule has 0 atom stereocenters. The first-order valence-corrected chi connectivity index (χ1v) is 6.27. The first-order chi connectivity index (χ1) is 8.65. The lowest BCUT2D eigenvalue weighted by atomic mass is 10.2. The zero-order valence-electron chi connectivity index (χ0n) is 9.85. The molecule has 1 aromatic heterocycles. The lowest BCUT2D eigenvalue weighted by molar-refractivity contribution is 0.0950. The van der Waals surface area contributed by atoms with Gasteiger partial charge in [0.05, 0.1) is 17.9 Å². The monoisotopic (exact) mass is 305 g/mol. The molecular formula is C13H12BrN3O. The Morgan fingerprint density at radius 1 is 1.17 bits per heavy atom. The van der Waals surface area contributed by atoms with E-state index in [0.717, 1.165) is 15.9 Å². The Morgan fingerprint density at radius 2 is 1.89 bits per heavy atom. The van der Waals surface area contributed by atoms with Crippen LogP contribution in [0.1, 0.15) is 21.7 Å². The summed E-state index contributed by atoms with van der Waals surface area (Å²) in [6, 6.07) is 10.9. The van der Waals surface area contributed by atoms with Gasteiger partial charge < -0.3 is 5.32 Å². The van der Waals surface area contributed by atoms with Gasteiger partial charge in [0.15, 0.2) is 0 Å². The third-order valence-corrected chi connectivity index (χ3v) is 2.92. The van der Waals surface area contributed by atoms with E-state index < -0.39 is 0 Å². The molecule has 1 heterocycles. The number of aromatic nitrogens is 2. The number of carbonyl (C=O) groups excluding carboxylic acids is 1. The van der Waals surface area contributed by atoms with Gasteiger partial charge >= 0.3 is 0 Å². The second-order valence-corrected chi connectivity index (χ2v) is 4.77. The maximum atomic E-state index is 11.8. The Morgan fingerprint density at radius 3 is 2.50 bits per heavy atom. The zero-order valence-corrected chi connectivity index (χ0v) is 11.4. The molecule has 1 N–H and O–H groups in total. The smallest absolute Gasteiger partial charge is 0.251 e. The van der Waals surface area contributed by atoms with Crippen LogP contribution in [0.25, 0.3) is 0 Å². The average Bonchev–Trinajstić information content (AvgIpc) is 2.38. The van der Waals surface area contributed by atoms with Crippen LogP contribution >= 0.6 is 15.9 Å². The van der Waals surface area contributed by atoms with Gasteiger partial charge in [-0.05, 0) is 43.3 Å². The van der Waals surface area contributed by atoms with Crippen molar-refractivity contribution in [3.63, 3.8) is 0 Å². The minimum Gasteiger partial charge on any atom is -0.346 e. The third kappa shape index (κ3) is 3.37. The molecule has 1 amide bonds. The van der Waals surface area contributed by atoms with E-state index in [0.29, 0.717) is 12.1 Å². The molecule has 2 aromatic rings. The summed E-state index contributed by atoms with van der Waals surface area (Å²) >= 11 is 3.33. The SMILES string of the molecule is Cc1ccc(CNC(=O)c2ccc(Br)cc2)nn1. The fraction of sp³-hybridized carbons (Fsp3) is 0.154. The number of amides is 1. The van der Waals surface area contributed by atoms with Gasteiger partial charge in [0.1, 0.15) is 0 Å². The van der Waals surface area contributed by atoms with Gasteiger partial charge in [0, 0.05) is 10.0 Å². The van der Waals surface area contributed by atoms with Crippen LogP contribution in [-0.2, 0) is 6.54 Å². The van der Waals surface area contributed by atoms with Crippen LogP contribution in [0, 0.1) is 6.92 Å². The molecule has 92 valence electrons. The molecular weight excluding hydrogens is 294 g/mol. The highest BCUT2D eigenvalue weighted by Gasteiger charge is 2.05. The van der Waals surface area contributed by atoms with E-state index in [-0.39, 0.29) is 5.91 Å². The van der Waals surface area contributed by atoms with Gasteiger partial charge in [-0.2, -0.15) is 10.2 Å². The molecule has 0 unspecified atom stereocenters. The molecule has 0 aliphatic rings. The summed E-state index contributed by atoms with van der Waals surface area (Å²) in [5.41, 5.74) is 2.22. The molecule has 0 saturated heterocycles. The number of aryl methyl sites for hydroxylation is 1. The molecule has 5 heteroatoms. The van der Waals surface area contributed by atoms with E-state index in [1.807, 2.05) is 31.2 Å². The molecule has 0 spiro atoms. The second-order valence-electron chi connectivity index (χ2n) is 3.86. The van der Waals surface area contributed by atoms with Crippen LogP contribution in [-0.4, -0.2) is 16.1 Å². The van der Waals surface area contributed by atoms with Gasteiger partial charge in [0.25, 0.3) is 5.91 Å². The van der Waals surface area contributed by atoms with Crippen LogP contribution in [0.15, 0.2) is 40.9 Å². The Balaban J connectivity index is 1.96. The summed E-state index contributed by atoms with van der Waals surface area (Å²) in [6.07, 6.45) is 0. The molecule has 0 radical (unpaired) electrons. The van der Waals surface area contributed by atoms with E-state index in [4.69, 9.17) is 0 Å². The molecule has 0 aliphatic carbocycles. The van der Waals surface area contributed by atoms with Gasteiger partial charge in [-0.1, -0.05) is 15.9 Å². The molecule has 1 aromatic carbocycles. The minimum atomic E-state index is -0.120.